The molecule has 0 atom stereocenters. The Morgan fingerprint density at radius 2 is 1.58 bits per heavy atom. The van der Waals surface area contributed by atoms with Gasteiger partial charge in [0.15, 0.2) is 0 Å². The van der Waals surface area contributed by atoms with Crippen molar-refractivity contribution in [3.63, 3.8) is 0 Å². The average molecular weight is 780 g/mol. The Labute approximate surface area is 326 Å². The van der Waals surface area contributed by atoms with Crippen molar-refractivity contribution < 1.29 is 27.7 Å². The lowest BCUT2D eigenvalue weighted by Gasteiger charge is -2.36. The predicted molar refractivity (Wildman–Crippen MR) is 218 cm³/mol. The molecule has 0 unspecified atom stereocenters. The molecule has 1 amide bonds. The fourth-order valence-corrected chi connectivity index (χ4v) is 7.79. The molecule has 0 spiro atoms. The van der Waals surface area contributed by atoms with E-state index in [0.29, 0.717) is 28.8 Å². The normalized spacial score (nSPS) is 13.0. The van der Waals surface area contributed by atoms with Crippen molar-refractivity contribution in [3.05, 3.63) is 148 Å². The van der Waals surface area contributed by atoms with Gasteiger partial charge in [-0.15, -0.1) is 11.8 Å². The van der Waals surface area contributed by atoms with Gasteiger partial charge in [-0.1, -0.05) is 54.6 Å². The first-order valence-electron chi connectivity index (χ1n) is 17.8. The summed E-state index contributed by atoms with van der Waals surface area (Å²) >= 11 is 1.60. The number of esters is 1. The molecule has 1 aliphatic heterocycles. The van der Waals surface area contributed by atoms with E-state index in [0.717, 1.165) is 66.1 Å². The molecule has 55 heavy (non-hydrogen) atoms. The van der Waals surface area contributed by atoms with Gasteiger partial charge in [0.05, 0.1) is 22.8 Å². The van der Waals surface area contributed by atoms with Crippen LogP contribution in [0.2, 0.25) is 0 Å². The molecule has 0 aromatic heterocycles. The van der Waals surface area contributed by atoms with E-state index in [1.807, 2.05) is 60.7 Å². The second-order valence-corrected chi connectivity index (χ2v) is 14.7. The summed E-state index contributed by atoms with van der Waals surface area (Å²) in [7, 11) is -3.45. The number of hydrogen-bond donors (Lipinski definition) is 2. The Balaban J connectivity index is 1.07. The molecule has 1 N–H and O–H groups in total. The predicted octanol–water partition coefficient (Wildman–Crippen LogP) is 7.14. The van der Waals surface area contributed by atoms with Crippen molar-refractivity contribution in [1.29, 1.82) is 0 Å². The maximum Gasteiger partial charge on any atom is 0.338 e. The zero-order chi connectivity index (χ0) is 38.7. The zero-order valence-electron chi connectivity index (χ0n) is 30.2. The Kier molecular flexibility index (Phi) is 13.2. The van der Waals surface area contributed by atoms with Gasteiger partial charge in [0, 0.05) is 67.2 Å². The first kappa shape index (κ1) is 39.0. The fourth-order valence-electron chi connectivity index (χ4n) is 6.42. The summed E-state index contributed by atoms with van der Waals surface area (Å²) in [4.78, 5) is 42.9. The fraction of sp³-hybridized carbons (Fsp3) is 0.220. The summed E-state index contributed by atoms with van der Waals surface area (Å²) in [6, 6.07) is 36.0. The van der Waals surface area contributed by atoms with Crippen molar-refractivity contribution in [1.82, 2.24) is 4.90 Å². The second kappa shape index (κ2) is 18.6. The number of carbonyl (C=O) groups is 2. The highest BCUT2D eigenvalue weighted by atomic mass is 32.2. The average Bonchev–Trinajstić information content (AvgIpc) is 3.21. The van der Waals surface area contributed by atoms with Gasteiger partial charge in [0.2, 0.25) is 10.9 Å². The van der Waals surface area contributed by atoms with Gasteiger partial charge < -0.3 is 15.0 Å². The van der Waals surface area contributed by atoms with E-state index in [-0.39, 0.29) is 28.6 Å². The number of ether oxygens (including phenoxy) is 1. The molecule has 0 bridgehead atoms. The number of carbonyl (C=O) groups excluding carboxylic acids is 2. The van der Waals surface area contributed by atoms with Crippen molar-refractivity contribution >= 4 is 57.3 Å². The largest absolute Gasteiger partial charge is 0.462 e. The highest BCUT2D eigenvalue weighted by Crippen LogP contribution is 2.32. The third-order valence-corrected chi connectivity index (χ3v) is 10.9. The number of thioether (sulfide) groups is 1. The number of anilines is 3. The van der Waals surface area contributed by atoms with Crippen molar-refractivity contribution in [3.8, 4) is 11.1 Å². The second-order valence-electron chi connectivity index (χ2n) is 12.7. The van der Waals surface area contributed by atoms with Crippen LogP contribution in [0.4, 0.5) is 22.7 Å². The number of nitro benzene ring substituents is 1. The van der Waals surface area contributed by atoms with Crippen LogP contribution in [-0.2, 0) is 22.2 Å². The summed E-state index contributed by atoms with van der Waals surface area (Å²) in [6.45, 7) is 6.32. The molecular formula is C41H41N5O7S2. The lowest BCUT2D eigenvalue weighted by Crippen LogP contribution is -2.46. The van der Waals surface area contributed by atoms with E-state index in [4.69, 9.17) is 4.74 Å². The maximum absolute atomic E-state index is 13.5. The van der Waals surface area contributed by atoms with E-state index >= 15 is 0 Å². The van der Waals surface area contributed by atoms with Crippen molar-refractivity contribution in [2.45, 2.75) is 18.4 Å². The lowest BCUT2D eigenvalue weighted by molar-refractivity contribution is -0.383. The minimum absolute atomic E-state index is 0.120. The molecule has 0 radical (unpaired) electrons. The molecule has 6 rings (SSSR count). The molecule has 1 heterocycles. The monoisotopic (exact) mass is 779 g/mol. The number of benzene rings is 5. The number of piperazine rings is 1. The van der Waals surface area contributed by atoms with Crippen LogP contribution in [-0.4, -0.2) is 75.2 Å². The van der Waals surface area contributed by atoms with Crippen LogP contribution in [0.15, 0.2) is 126 Å². The highest BCUT2D eigenvalue weighted by molar-refractivity contribution is 7.99. The highest BCUT2D eigenvalue weighted by Gasteiger charge is 2.25. The summed E-state index contributed by atoms with van der Waals surface area (Å²) in [6.07, 6.45) is 0. The van der Waals surface area contributed by atoms with Crippen LogP contribution in [0.1, 0.15) is 33.2 Å². The summed E-state index contributed by atoms with van der Waals surface area (Å²) in [5, 5.41) is 15.0. The molecule has 5 aromatic carbocycles. The Hall–Kier alpha value is -5.70. The van der Waals surface area contributed by atoms with E-state index < -0.39 is 21.7 Å². The van der Waals surface area contributed by atoms with Gasteiger partial charge in [-0.05, 0) is 84.3 Å². The van der Waals surface area contributed by atoms with Gasteiger partial charge in [-0.2, -0.15) is 0 Å². The molecule has 5 aromatic rings. The SMILES string of the molecule is CCOC(=O)c1cccc(-c2ccccc2CN2CCN(c3ccc(C(=O)N(c4ccc(NCCSc5ccccc5)c([N+](=O)[O-])c4)[SH](=O)=O)cc3)CC2)c1. The number of hydrogen-bond acceptors (Lipinski definition) is 11. The first-order valence-corrected chi connectivity index (χ1v) is 19.9. The molecule has 284 valence electrons. The number of nitro groups is 1. The molecular weight excluding hydrogens is 739 g/mol. The van der Waals surface area contributed by atoms with E-state index in [2.05, 4.69) is 27.2 Å². The third kappa shape index (κ3) is 9.89. The number of thiol groups is 1. The third-order valence-electron chi connectivity index (χ3n) is 9.16. The Morgan fingerprint density at radius 1 is 0.855 bits per heavy atom. The number of nitrogens with one attached hydrogen (secondary N) is 1. The first-order chi connectivity index (χ1) is 26.7. The molecule has 1 aliphatic rings. The van der Waals surface area contributed by atoms with Crippen molar-refractivity contribution in [2.24, 2.45) is 0 Å². The van der Waals surface area contributed by atoms with Crippen LogP contribution in [0.5, 0.6) is 0 Å². The Bertz CT molecular complexity index is 2200. The minimum Gasteiger partial charge on any atom is -0.462 e. The van der Waals surface area contributed by atoms with Crippen LogP contribution in [0.25, 0.3) is 11.1 Å². The smallest absolute Gasteiger partial charge is 0.338 e. The quantitative estimate of drug-likeness (QED) is 0.0280. The van der Waals surface area contributed by atoms with Crippen LogP contribution in [0.3, 0.4) is 0 Å². The standard InChI is InChI=1S/C41H41N5O7S2/c1-2-53-41(48)32-11-8-10-31(27-32)37-14-7-6-9-33(37)29-43-22-24-44(25-23-43)34-17-15-30(16-18-34)40(47)45(55(51)52)35-19-20-38(39(28-35)46(49)50)42-21-26-54-36-12-4-3-5-13-36/h3-20,27-28,42,55H,2,21-26,29H2,1H3. The van der Waals surface area contributed by atoms with E-state index in [1.54, 1.807) is 49.0 Å². The van der Waals surface area contributed by atoms with E-state index in [1.165, 1.54) is 12.1 Å². The number of rotatable bonds is 15. The zero-order valence-corrected chi connectivity index (χ0v) is 31.9. The summed E-state index contributed by atoms with van der Waals surface area (Å²) in [5.41, 5.74) is 4.47. The minimum atomic E-state index is -3.45. The maximum atomic E-state index is 13.5. The van der Waals surface area contributed by atoms with E-state index in [9.17, 15) is 28.1 Å². The number of amides is 1. The van der Waals surface area contributed by atoms with Gasteiger partial charge in [0.25, 0.3) is 11.6 Å². The Morgan fingerprint density at radius 3 is 2.29 bits per heavy atom. The lowest BCUT2D eigenvalue weighted by atomic mass is 9.97. The van der Waals surface area contributed by atoms with Crippen LogP contribution < -0.4 is 14.5 Å². The summed E-state index contributed by atoms with van der Waals surface area (Å²) < 4.78 is 30.5. The van der Waals surface area contributed by atoms with Crippen LogP contribution >= 0.6 is 11.8 Å². The van der Waals surface area contributed by atoms with Gasteiger partial charge in [0.1, 0.15) is 5.69 Å². The molecule has 0 saturated carbocycles. The van der Waals surface area contributed by atoms with Crippen molar-refractivity contribution in [2.75, 3.05) is 59.6 Å². The van der Waals surface area contributed by atoms with Gasteiger partial charge in [-0.25, -0.2) is 17.5 Å². The molecule has 14 heteroatoms. The summed E-state index contributed by atoms with van der Waals surface area (Å²) in [5.74, 6) is -0.507. The molecule has 0 aliphatic carbocycles. The van der Waals surface area contributed by atoms with Gasteiger partial charge in [-0.3, -0.25) is 19.8 Å². The molecule has 12 nitrogen and oxygen atoms in total. The van der Waals surface area contributed by atoms with Gasteiger partial charge >= 0.3 is 5.97 Å². The number of nitrogens with zero attached hydrogens (tertiary/aromatic N) is 4. The molecule has 1 saturated heterocycles. The van der Waals surface area contributed by atoms with Crippen LogP contribution in [0, 0.1) is 10.1 Å². The molecule has 1 fully saturated rings. The topological polar surface area (TPSA) is 142 Å².